The van der Waals surface area contributed by atoms with E-state index in [2.05, 4.69) is 38.2 Å². The van der Waals surface area contributed by atoms with Crippen molar-refractivity contribution >= 4 is 45.9 Å². The van der Waals surface area contributed by atoms with Crippen molar-refractivity contribution in [1.29, 1.82) is 0 Å². The van der Waals surface area contributed by atoms with Gasteiger partial charge in [-0.15, -0.1) is 11.3 Å². The number of likely N-dealkylation sites (N-methyl/N-ethyl adjacent to an activating group) is 1. The minimum absolute atomic E-state index is 0.0360. The van der Waals surface area contributed by atoms with Crippen molar-refractivity contribution in [3.8, 4) is 10.6 Å². The minimum Gasteiger partial charge on any atom is -0.377 e. The second kappa shape index (κ2) is 13.3. The fourth-order valence-corrected chi connectivity index (χ4v) is 7.62. The molecule has 2 fully saturated rings. The van der Waals surface area contributed by atoms with Gasteiger partial charge in [-0.1, -0.05) is 6.92 Å². The largest absolute Gasteiger partial charge is 0.420 e. The Hall–Kier alpha value is -3.07. The van der Waals surface area contributed by atoms with Crippen LogP contribution in [0.25, 0.3) is 10.6 Å². The van der Waals surface area contributed by atoms with Crippen LogP contribution in [0.2, 0.25) is 0 Å². The van der Waals surface area contributed by atoms with Gasteiger partial charge in [-0.2, -0.15) is 13.2 Å². The van der Waals surface area contributed by atoms with Gasteiger partial charge in [-0.05, 0) is 50.2 Å². The Labute approximate surface area is 255 Å². The highest BCUT2D eigenvalue weighted by Crippen LogP contribution is 2.40. The molecular weight excluding hydrogens is 601 g/mol. The molecule has 3 aromatic rings. The van der Waals surface area contributed by atoms with E-state index in [9.17, 15) is 22.2 Å². The molecule has 1 N–H and O–H groups in total. The number of piperazine rings is 1. The Bertz CT molecular complexity index is 1470. The van der Waals surface area contributed by atoms with Crippen LogP contribution >= 0.6 is 11.3 Å². The molecule has 0 bridgehead atoms. The van der Waals surface area contributed by atoms with Crippen LogP contribution in [0.4, 0.5) is 30.5 Å². The summed E-state index contributed by atoms with van der Waals surface area (Å²) in [5, 5.41) is 3.13. The van der Waals surface area contributed by atoms with Crippen molar-refractivity contribution in [3.05, 3.63) is 46.5 Å². The summed E-state index contributed by atoms with van der Waals surface area (Å²) in [6, 6.07) is 7.50. The Balaban J connectivity index is 1.39. The van der Waals surface area contributed by atoms with Gasteiger partial charge in [0.25, 0.3) is 0 Å². The summed E-state index contributed by atoms with van der Waals surface area (Å²) in [6.07, 6.45) is -2.46. The van der Waals surface area contributed by atoms with E-state index in [-0.39, 0.29) is 34.9 Å². The molecule has 0 radical (unpaired) electrons. The van der Waals surface area contributed by atoms with Gasteiger partial charge >= 0.3 is 6.18 Å². The van der Waals surface area contributed by atoms with E-state index in [1.54, 1.807) is 11.8 Å². The first-order valence-corrected chi connectivity index (χ1v) is 16.3. The first-order chi connectivity index (χ1) is 20.6. The van der Waals surface area contributed by atoms with Crippen molar-refractivity contribution in [2.45, 2.75) is 37.4 Å². The summed E-state index contributed by atoms with van der Waals surface area (Å²) in [4.78, 5) is 27.2. The van der Waals surface area contributed by atoms with Crippen LogP contribution in [0.5, 0.6) is 0 Å². The van der Waals surface area contributed by atoms with Gasteiger partial charge in [-0.3, -0.25) is 9.00 Å². The molecule has 1 unspecified atom stereocenters. The smallest absolute Gasteiger partial charge is 0.377 e. The number of thiophene rings is 1. The van der Waals surface area contributed by atoms with Crippen LogP contribution in [0.3, 0.4) is 0 Å². The summed E-state index contributed by atoms with van der Waals surface area (Å²) < 4.78 is 60.5. The Morgan fingerprint density at radius 2 is 1.95 bits per heavy atom. The number of nitrogens with zero attached hydrogens (tertiary/aromatic N) is 5. The number of halogens is 3. The monoisotopic (exact) mass is 636 g/mol. The first kappa shape index (κ1) is 31.4. The van der Waals surface area contributed by atoms with Gasteiger partial charge in [0.05, 0.1) is 45.5 Å². The number of benzene rings is 1. The number of aromatic nitrogens is 2. The second-order valence-electron chi connectivity index (χ2n) is 10.7. The highest BCUT2D eigenvalue weighted by Gasteiger charge is 2.36. The van der Waals surface area contributed by atoms with Crippen LogP contribution in [0.15, 0.2) is 35.4 Å². The normalized spacial score (nSPS) is 17.0. The molecular formula is C29H35F3N6O3S2. The molecule has 4 heterocycles. The SMILES string of the molecule is CCc1cc(N2CCN(C)CC2)ccc1Nc1ncc(C(F)(F)F)c(-c2cc(S(=O)CCN(C=O)C3COC3)c(C)s2)n1. The average molecular weight is 637 g/mol. The summed E-state index contributed by atoms with van der Waals surface area (Å²) in [5.74, 6) is 0.210. The van der Waals surface area contributed by atoms with E-state index in [0.29, 0.717) is 35.8 Å². The number of nitrogens with one attached hydrogen (secondary N) is 1. The van der Waals surface area contributed by atoms with Crippen LogP contribution in [-0.2, 0) is 32.9 Å². The van der Waals surface area contributed by atoms with Gasteiger partial charge in [0, 0.05) is 60.9 Å². The third-order valence-corrected chi connectivity index (χ3v) is 10.4. The third kappa shape index (κ3) is 7.19. The Kier molecular flexibility index (Phi) is 9.69. The lowest BCUT2D eigenvalue weighted by Gasteiger charge is -2.34. The van der Waals surface area contributed by atoms with Gasteiger partial charge in [0.1, 0.15) is 5.56 Å². The van der Waals surface area contributed by atoms with E-state index in [1.165, 1.54) is 6.07 Å². The topological polar surface area (TPSA) is 90.9 Å². The van der Waals surface area contributed by atoms with Crippen LogP contribution < -0.4 is 10.2 Å². The molecule has 14 heteroatoms. The number of hydrogen-bond donors (Lipinski definition) is 1. The molecule has 9 nitrogen and oxygen atoms in total. The molecule has 0 saturated carbocycles. The van der Waals surface area contributed by atoms with Crippen molar-refractivity contribution in [1.82, 2.24) is 19.8 Å². The lowest BCUT2D eigenvalue weighted by atomic mass is 10.1. The number of hydrogen-bond acceptors (Lipinski definition) is 9. The number of amides is 1. The van der Waals surface area contributed by atoms with Crippen molar-refractivity contribution < 1.29 is 26.9 Å². The van der Waals surface area contributed by atoms with Gasteiger partial charge < -0.3 is 24.8 Å². The number of alkyl halides is 3. The summed E-state index contributed by atoms with van der Waals surface area (Å²) in [6.45, 7) is 8.71. The maximum atomic E-state index is 14.1. The van der Waals surface area contributed by atoms with E-state index in [4.69, 9.17) is 4.74 Å². The Morgan fingerprint density at radius 1 is 1.21 bits per heavy atom. The predicted molar refractivity (Wildman–Crippen MR) is 163 cm³/mol. The number of ether oxygens (including phenoxy) is 1. The van der Waals surface area contributed by atoms with Crippen LogP contribution in [-0.4, -0.2) is 95.2 Å². The number of carbonyl (C=O) groups is 1. The predicted octanol–water partition coefficient (Wildman–Crippen LogP) is 4.55. The molecule has 2 saturated heterocycles. The zero-order valence-corrected chi connectivity index (χ0v) is 25.9. The maximum absolute atomic E-state index is 14.1. The van der Waals surface area contributed by atoms with Crippen molar-refractivity contribution in [2.24, 2.45) is 0 Å². The molecule has 0 spiro atoms. The lowest BCUT2D eigenvalue weighted by molar-refractivity contribution is -0.137. The summed E-state index contributed by atoms with van der Waals surface area (Å²) in [7, 11) is 0.587. The molecule has 2 aliphatic rings. The molecule has 1 atom stereocenters. The number of rotatable bonds is 11. The highest BCUT2D eigenvalue weighted by atomic mass is 32.2. The van der Waals surface area contributed by atoms with Crippen LogP contribution in [0, 0.1) is 6.92 Å². The first-order valence-electron chi connectivity index (χ1n) is 14.1. The summed E-state index contributed by atoms with van der Waals surface area (Å²) >= 11 is 1.11. The second-order valence-corrected chi connectivity index (χ2v) is 13.5. The maximum Gasteiger partial charge on any atom is 0.420 e. The molecule has 232 valence electrons. The molecule has 43 heavy (non-hydrogen) atoms. The minimum atomic E-state index is -4.68. The third-order valence-electron chi connectivity index (χ3n) is 7.79. The number of aryl methyl sites for hydroxylation is 2. The average Bonchev–Trinajstić information content (AvgIpc) is 3.35. The van der Waals surface area contributed by atoms with Gasteiger partial charge in [0.15, 0.2) is 0 Å². The van der Waals surface area contributed by atoms with Crippen molar-refractivity contribution in [2.75, 3.05) is 69.0 Å². The van der Waals surface area contributed by atoms with E-state index in [0.717, 1.165) is 60.7 Å². The van der Waals surface area contributed by atoms with E-state index >= 15 is 0 Å². The molecule has 0 aliphatic carbocycles. The lowest BCUT2D eigenvalue weighted by Crippen LogP contribution is -2.49. The molecule has 2 aromatic heterocycles. The van der Waals surface area contributed by atoms with Gasteiger partial charge in [-0.25, -0.2) is 9.97 Å². The van der Waals surface area contributed by atoms with E-state index < -0.39 is 22.5 Å². The molecule has 1 aromatic carbocycles. The fourth-order valence-electron chi connectivity index (χ4n) is 5.06. The fraction of sp³-hybridized carbons (Fsp3) is 0.483. The zero-order valence-electron chi connectivity index (χ0n) is 24.3. The molecule has 5 rings (SSSR count). The highest BCUT2D eigenvalue weighted by molar-refractivity contribution is 7.85. The number of anilines is 3. The standard InChI is InChI=1S/C29H35F3N6O3S2/c1-4-20-13-21(37-9-7-36(3)8-10-37)5-6-24(20)34-28-33-15-23(29(30,31)32)27(35-28)25-14-26(19(2)42-25)43(40)12-11-38(18-39)22-16-41-17-22/h5-6,13-15,18,22H,4,7-12,16-17H2,1-3H3,(H,33,34,35). The zero-order chi connectivity index (χ0) is 30.7. The quantitative estimate of drug-likeness (QED) is 0.307. The van der Waals surface area contributed by atoms with Gasteiger partial charge in [0.2, 0.25) is 12.4 Å². The van der Waals surface area contributed by atoms with Crippen molar-refractivity contribution in [3.63, 3.8) is 0 Å². The molecule has 2 aliphatic heterocycles. The molecule has 1 amide bonds. The Morgan fingerprint density at radius 3 is 2.58 bits per heavy atom. The number of carbonyl (C=O) groups excluding carboxylic acids is 1. The van der Waals surface area contributed by atoms with E-state index in [1.807, 2.05) is 19.1 Å². The van der Waals surface area contributed by atoms with Crippen LogP contribution in [0.1, 0.15) is 22.9 Å². The summed E-state index contributed by atoms with van der Waals surface area (Å²) in [5.41, 5.74) is 1.61.